The van der Waals surface area contributed by atoms with Gasteiger partial charge < -0.3 is 14.8 Å². The molecule has 0 bridgehead atoms. The van der Waals surface area contributed by atoms with Gasteiger partial charge in [-0.3, -0.25) is 14.3 Å². The second-order valence-corrected chi connectivity index (χ2v) is 14.6. The molecular formula is C38H37F2N7O3S. The normalized spacial score (nSPS) is 18.5. The van der Waals surface area contributed by atoms with E-state index in [9.17, 15) is 23.5 Å². The maximum atomic E-state index is 14.6. The van der Waals surface area contributed by atoms with Gasteiger partial charge in [0, 0.05) is 62.2 Å². The largest absolute Gasteiger partial charge is 0.508 e. The zero-order valence-electron chi connectivity index (χ0n) is 27.8. The van der Waals surface area contributed by atoms with Gasteiger partial charge in [0.15, 0.2) is 5.65 Å². The molecule has 10 nitrogen and oxygen atoms in total. The summed E-state index contributed by atoms with van der Waals surface area (Å²) in [6, 6.07) is 16.8. The third-order valence-electron chi connectivity index (χ3n) is 9.99. The summed E-state index contributed by atoms with van der Waals surface area (Å²) in [5, 5.41) is 13.9. The van der Waals surface area contributed by atoms with Crippen LogP contribution in [0.4, 0.5) is 8.78 Å². The minimum Gasteiger partial charge on any atom is -0.508 e. The molecule has 2 fully saturated rings. The van der Waals surface area contributed by atoms with Crippen LogP contribution in [-0.2, 0) is 13.1 Å². The van der Waals surface area contributed by atoms with Crippen molar-refractivity contribution < 1.29 is 13.9 Å². The smallest absolute Gasteiger partial charge is 0.337 e. The number of phenols is 1. The minimum absolute atomic E-state index is 0.0387. The fraction of sp³-hybridized carbons (Fsp3) is 0.316. The van der Waals surface area contributed by atoms with Crippen LogP contribution in [0.2, 0.25) is 0 Å². The molecule has 262 valence electrons. The second kappa shape index (κ2) is 14.0. The van der Waals surface area contributed by atoms with Gasteiger partial charge >= 0.3 is 5.69 Å². The Morgan fingerprint density at radius 1 is 0.922 bits per heavy atom. The molecule has 6 aromatic rings. The van der Waals surface area contributed by atoms with Crippen molar-refractivity contribution in [3.05, 3.63) is 123 Å². The number of aromatic hydroxyl groups is 1. The number of halogens is 2. The van der Waals surface area contributed by atoms with Crippen LogP contribution in [0.5, 0.6) is 5.75 Å². The van der Waals surface area contributed by atoms with Crippen LogP contribution in [0.15, 0.2) is 88.8 Å². The van der Waals surface area contributed by atoms with Crippen molar-refractivity contribution >= 4 is 28.4 Å². The van der Waals surface area contributed by atoms with Crippen molar-refractivity contribution in [1.82, 2.24) is 33.7 Å². The fourth-order valence-corrected chi connectivity index (χ4v) is 8.41. The minimum atomic E-state index is -0.655. The SMILES string of the molecule is O=c1c2cc(F)cnc2n(-c2cccc(-c3ccc(O)cc3CN3CCSCC3)c2)c(=O)n1C1CCC(NCc2cn3cc(F)ccc3n2)CC1. The summed E-state index contributed by atoms with van der Waals surface area (Å²) in [6.45, 7) is 3.11. The van der Waals surface area contributed by atoms with Gasteiger partial charge in [0.25, 0.3) is 5.56 Å². The highest BCUT2D eigenvalue weighted by molar-refractivity contribution is 7.99. The number of rotatable bonds is 8. The van der Waals surface area contributed by atoms with Crippen LogP contribution in [-0.4, -0.2) is 64.1 Å². The summed E-state index contributed by atoms with van der Waals surface area (Å²) in [4.78, 5) is 39.5. The molecule has 1 aliphatic carbocycles. The fourth-order valence-electron chi connectivity index (χ4n) is 7.43. The van der Waals surface area contributed by atoms with E-state index < -0.39 is 17.1 Å². The zero-order valence-corrected chi connectivity index (χ0v) is 28.7. The molecule has 0 amide bonds. The number of nitrogens with zero attached hydrogens (tertiary/aromatic N) is 6. The Bertz CT molecular complexity index is 2360. The molecular weight excluding hydrogens is 673 g/mol. The molecule has 2 aliphatic rings. The third kappa shape index (κ3) is 6.80. The van der Waals surface area contributed by atoms with Crippen LogP contribution < -0.4 is 16.6 Å². The monoisotopic (exact) mass is 709 g/mol. The highest BCUT2D eigenvalue weighted by atomic mass is 32.2. The van der Waals surface area contributed by atoms with Crippen molar-refractivity contribution in [3.63, 3.8) is 0 Å². The summed E-state index contributed by atoms with van der Waals surface area (Å²) in [5.74, 6) is 1.33. The van der Waals surface area contributed by atoms with E-state index in [2.05, 4.69) is 20.2 Å². The number of thioether (sulfide) groups is 1. The molecule has 5 heterocycles. The Labute approximate surface area is 296 Å². The molecule has 13 heteroatoms. The van der Waals surface area contributed by atoms with Crippen LogP contribution in [0.25, 0.3) is 33.5 Å². The van der Waals surface area contributed by atoms with Crippen molar-refractivity contribution in [1.29, 1.82) is 0 Å². The predicted octanol–water partition coefficient (Wildman–Crippen LogP) is 5.67. The highest BCUT2D eigenvalue weighted by Crippen LogP contribution is 2.31. The Morgan fingerprint density at radius 3 is 2.57 bits per heavy atom. The lowest BCUT2D eigenvalue weighted by Crippen LogP contribution is -2.44. The molecule has 1 saturated heterocycles. The van der Waals surface area contributed by atoms with Gasteiger partial charge in [-0.1, -0.05) is 18.2 Å². The van der Waals surface area contributed by atoms with Gasteiger partial charge in [0.1, 0.15) is 23.0 Å². The van der Waals surface area contributed by atoms with E-state index in [0.717, 1.165) is 59.2 Å². The Kier molecular flexibility index (Phi) is 9.17. The number of imidazole rings is 1. The van der Waals surface area contributed by atoms with E-state index in [1.54, 1.807) is 34.9 Å². The molecule has 0 spiro atoms. The number of aromatic nitrogens is 5. The van der Waals surface area contributed by atoms with E-state index in [4.69, 9.17) is 0 Å². The van der Waals surface area contributed by atoms with Crippen molar-refractivity contribution in [2.75, 3.05) is 24.6 Å². The van der Waals surface area contributed by atoms with Gasteiger partial charge in [0.2, 0.25) is 0 Å². The first-order valence-electron chi connectivity index (χ1n) is 17.2. The average molecular weight is 710 g/mol. The maximum Gasteiger partial charge on any atom is 0.337 e. The van der Waals surface area contributed by atoms with Gasteiger partial charge in [-0.2, -0.15) is 11.8 Å². The molecule has 8 rings (SSSR count). The van der Waals surface area contributed by atoms with Gasteiger partial charge in [-0.05, 0) is 84.8 Å². The highest BCUT2D eigenvalue weighted by Gasteiger charge is 2.27. The van der Waals surface area contributed by atoms with E-state index >= 15 is 0 Å². The van der Waals surface area contributed by atoms with Crippen molar-refractivity contribution in [3.8, 4) is 22.6 Å². The van der Waals surface area contributed by atoms with Crippen LogP contribution in [0.3, 0.4) is 0 Å². The van der Waals surface area contributed by atoms with E-state index in [-0.39, 0.29) is 34.7 Å². The zero-order chi connectivity index (χ0) is 35.1. The van der Waals surface area contributed by atoms with E-state index in [0.29, 0.717) is 50.1 Å². The standard InChI is InChI=1S/C38H37F2N7O3S/c39-26-4-11-35-43-29(23-45(35)22-26)20-41-28-5-7-30(8-6-28)47-37(49)34-18-27(40)19-42-36(34)46(38(47)50)31-3-1-2-24(16-31)33-10-9-32(48)17-25(33)21-44-12-14-51-15-13-44/h1-4,9-11,16-19,22-23,28,30,41,48H,5-8,12-15,20-21H2. The van der Waals surface area contributed by atoms with Crippen molar-refractivity contribution in [2.24, 2.45) is 0 Å². The number of fused-ring (bicyclic) bond motifs is 2. The van der Waals surface area contributed by atoms with Gasteiger partial charge in [-0.25, -0.2) is 28.1 Å². The lowest BCUT2D eigenvalue weighted by atomic mass is 9.91. The number of benzene rings is 2. The first kappa shape index (κ1) is 33.3. The summed E-state index contributed by atoms with van der Waals surface area (Å²) >= 11 is 1.94. The number of hydrogen-bond donors (Lipinski definition) is 2. The molecule has 51 heavy (non-hydrogen) atoms. The maximum absolute atomic E-state index is 14.6. The van der Waals surface area contributed by atoms with Crippen LogP contribution in [0, 0.1) is 11.6 Å². The van der Waals surface area contributed by atoms with E-state index in [1.165, 1.54) is 21.4 Å². The Morgan fingerprint density at radius 2 is 1.75 bits per heavy atom. The summed E-state index contributed by atoms with van der Waals surface area (Å²) < 4.78 is 32.6. The molecule has 0 radical (unpaired) electrons. The molecule has 2 N–H and O–H groups in total. The molecule has 1 saturated carbocycles. The first-order chi connectivity index (χ1) is 24.8. The number of phenolic OH excluding ortho intramolecular Hbond substituents is 1. The number of pyridine rings is 2. The number of hydrogen-bond acceptors (Lipinski definition) is 8. The second-order valence-electron chi connectivity index (χ2n) is 13.3. The molecule has 0 atom stereocenters. The molecule has 2 aromatic carbocycles. The lowest BCUT2D eigenvalue weighted by molar-refractivity contribution is 0.279. The van der Waals surface area contributed by atoms with Gasteiger partial charge in [-0.15, -0.1) is 0 Å². The number of nitrogens with one attached hydrogen (secondary N) is 1. The first-order valence-corrected chi connectivity index (χ1v) is 18.4. The summed E-state index contributed by atoms with van der Waals surface area (Å²) in [5.41, 5.74) is 3.73. The lowest BCUT2D eigenvalue weighted by Gasteiger charge is -2.30. The third-order valence-corrected chi connectivity index (χ3v) is 10.9. The van der Waals surface area contributed by atoms with Crippen LogP contribution in [0.1, 0.15) is 43.0 Å². The van der Waals surface area contributed by atoms with Crippen LogP contribution >= 0.6 is 11.8 Å². The average Bonchev–Trinajstić information content (AvgIpc) is 3.54. The topological polar surface area (TPSA) is 110 Å². The molecule has 4 aromatic heterocycles. The van der Waals surface area contributed by atoms with Crippen molar-refractivity contribution in [2.45, 2.75) is 50.9 Å². The Hall–Kier alpha value is -4.85. The van der Waals surface area contributed by atoms with Gasteiger partial charge in [0.05, 0.1) is 23.0 Å². The molecule has 1 aliphatic heterocycles. The molecule has 0 unspecified atom stereocenters. The van der Waals surface area contributed by atoms with E-state index in [1.807, 2.05) is 36.0 Å². The Balaban J connectivity index is 1.09. The summed E-state index contributed by atoms with van der Waals surface area (Å²) in [7, 11) is 0. The summed E-state index contributed by atoms with van der Waals surface area (Å²) in [6.07, 6.45) is 6.79. The quantitative estimate of drug-likeness (QED) is 0.208. The predicted molar refractivity (Wildman–Crippen MR) is 195 cm³/mol.